The van der Waals surface area contributed by atoms with Crippen molar-refractivity contribution in [3.63, 3.8) is 0 Å². The molecule has 2 aliphatic heterocycles. The van der Waals surface area contributed by atoms with Crippen molar-refractivity contribution in [2.45, 2.75) is 51.7 Å². The van der Waals surface area contributed by atoms with Crippen LogP contribution < -0.4 is 5.32 Å². The Morgan fingerprint density at radius 2 is 1.96 bits per heavy atom. The number of fused-ring (bicyclic) bond motifs is 1. The van der Waals surface area contributed by atoms with Gasteiger partial charge in [0.05, 0.1) is 19.1 Å². The fourth-order valence-electron chi connectivity index (χ4n) is 4.75. The normalized spacial score (nSPS) is 32.1. The van der Waals surface area contributed by atoms with Crippen molar-refractivity contribution in [2.75, 3.05) is 33.9 Å². The highest BCUT2D eigenvalue weighted by Gasteiger charge is 2.58. The summed E-state index contributed by atoms with van der Waals surface area (Å²) in [5, 5.41) is 3.70. The number of ether oxygens (including phenoxy) is 2. The Hall–Kier alpha value is -0.570. The third-order valence-electron chi connectivity index (χ3n) is 6.16. The minimum atomic E-state index is -0.0834. The molecule has 2 saturated heterocycles. The van der Waals surface area contributed by atoms with Gasteiger partial charge in [-0.25, -0.2) is 0 Å². The highest BCUT2D eigenvalue weighted by atomic mass is 127. The number of likely N-dealkylation sites (tertiary alicyclic amines) is 1. The van der Waals surface area contributed by atoms with Gasteiger partial charge < -0.3 is 19.7 Å². The number of nitrogens with zero attached hydrogens (tertiary/aromatic N) is 2. The summed E-state index contributed by atoms with van der Waals surface area (Å²) < 4.78 is 10.9. The molecule has 0 radical (unpaired) electrons. The van der Waals surface area contributed by atoms with E-state index >= 15 is 0 Å². The molecule has 1 saturated carbocycles. The minimum absolute atomic E-state index is 0. The van der Waals surface area contributed by atoms with Gasteiger partial charge in [0.2, 0.25) is 0 Å². The van der Waals surface area contributed by atoms with E-state index in [2.05, 4.69) is 29.1 Å². The van der Waals surface area contributed by atoms with Gasteiger partial charge in [-0.15, -0.1) is 24.0 Å². The van der Waals surface area contributed by atoms with Gasteiger partial charge in [0.15, 0.2) is 5.96 Å². The van der Waals surface area contributed by atoms with Crippen LogP contribution in [0.1, 0.15) is 39.5 Å². The van der Waals surface area contributed by atoms with Gasteiger partial charge in [-0.2, -0.15) is 0 Å². The van der Waals surface area contributed by atoms with Gasteiger partial charge in [-0.3, -0.25) is 9.79 Å². The molecule has 0 amide bonds. The second kappa shape index (κ2) is 8.41. The molecule has 1 aliphatic carbocycles. The summed E-state index contributed by atoms with van der Waals surface area (Å²) >= 11 is 0. The molecule has 0 aromatic carbocycles. The first-order valence-corrected chi connectivity index (χ1v) is 9.16. The number of guanidine groups is 1. The number of methoxy groups -OCH3 is 1. The third kappa shape index (κ3) is 3.91. The SMILES string of the molecule is CN=C(NC1C2CCCOC2C1(C)C)N1CCC(C(=O)OC)CC1.I. The fraction of sp³-hybridized carbons (Fsp3) is 0.889. The van der Waals surface area contributed by atoms with E-state index in [0.717, 1.165) is 44.9 Å². The molecule has 3 unspecified atom stereocenters. The predicted molar refractivity (Wildman–Crippen MR) is 108 cm³/mol. The molecule has 7 heteroatoms. The zero-order valence-electron chi connectivity index (χ0n) is 15.8. The van der Waals surface area contributed by atoms with Crippen LogP contribution in [0.3, 0.4) is 0 Å². The molecule has 2 heterocycles. The fourth-order valence-corrected chi connectivity index (χ4v) is 4.75. The Morgan fingerprint density at radius 3 is 2.56 bits per heavy atom. The molecule has 25 heavy (non-hydrogen) atoms. The number of esters is 1. The lowest BCUT2D eigenvalue weighted by Crippen LogP contribution is -2.71. The van der Waals surface area contributed by atoms with E-state index in [-0.39, 0.29) is 41.3 Å². The number of rotatable bonds is 2. The lowest BCUT2D eigenvalue weighted by Gasteiger charge is -2.60. The molecule has 0 aromatic rings. The van der Waals surface area contributed by atoms with Crippen LogP contribution in [0, 0.1) is 17.3 Å². The Bertz CT molecular complexity index is 504. The highest BCUT2D eigenvalue weighted by Crippen LogP contribution is 2.51. The summed E-state index contributed by atoms with van der Waals surface area (Å²) in [5.41, 5.74) is 0.130. The number of carbonyl (C=O) groups is 1. The Morgan fingerprint density at radius 1 is 1.28 bits per heavy atom. The minimum Gasteiger partial charge on any atom is -0.469 e. The van der Waals surface area contributed by atoms with Gasteiger partial charge in [0.1, 0.15) is 0 Å². The van der Waals surface area contributed by atoms with E-state index in [9.17, 15) is 4.79 Å². The van der Waals surface area contributed by atoms with Crippen molar-refractivity contribution >= 4 is 35.9 Å². The van der Waals surface area contributed by atoms with E-state index in [1.54, 1.807) is 0 Å². The monoisotopic (exact) mass is 465 g/mol. The van der Waals surface area contributed by atoms with Crippen molar-refractivity contribution in [2.24, 2.45) is 22.2 Å². The molecule has 3 fully saturated rings. The van der Waals surface area contributed by atoms with E-state index < -0.39 is 0 Å². The van der Waals surface area contributed by atoms with Crippen molar-refractivity contribution in [3.8, 4) is 0 Å². The molecule has 3 aliphatic rings. The smallest absolute Gasteiger partial charge is 0.308 e. The quantitative estimate of drug-likeness (QED) is 0.294. The summed E-state index contributed by atoms with van der Waals surface area (Å²) in [6.45, 7) is 7.16. The topological polar surface area (TPSA) is 63.2 Å². The molecular formula is C18H32IN3O3. The molecule has 1 N–H and O–H groups in total. The van der Waals surface area contributed by atoms with Gasteiger partial charge >= 0.3 is 5.97 Å². The molecule has 0 aromatic heterocycles. The maximum atomic E-state index is 11.7. The zero-order valence-corrected chi connectivity index (χ0v) is 18.1. The molecule has 0 bridgehead atoms. The molecule has 0 spiro atoms. The highest BCUT2D eigenvalue weighted by molar-refractivity contribution is 14.0. The average molecular weight is 465 g/mol. The first-order valence-electron chi connectivity index (χ1n) is 9.16. The molecule has 144 valence electrons. The Balaban J connectivity index is 0.00000225. The third-order valence-corrected chi connectivity index (χ3v) is 6.16. The summed E-state index contributed by atoms with van der Waals surface area (Å²) in [4.78, 5) is 18.5. The largest absolute Gasteiger partial charge is 0.469 e. The standard InChI is InChI=1S/C18H31N3O3.HI/c1-18(2)14(13-6-5-11-24-15(13)18)20-17(19-3)21-9-7-12(8-10-21)16(22)23-4;/h12-15H,5-11H2,1-4H3,(H,19,20);1H. The number of nitrogens with one attached hydrogen (secondary N) is 1. The first-order chi connectivity index (χ1) is 11.5. The van der Waals surface area contributed by atoms with Gasteiger partial charge in [-0.1, -0.05) is 13.8 Å². The maximum absolute atomic E-state index is 11.7. The summed E-state index contributed by atoms with van der Waals surface area (Å²) in [7, 11) is 3.31. The lowest BCUT2D eigenvalue weighted by molar-refractivity contribution is -0.188. The van der Waals surface area contributed by atoms with Crippen LogP contribution in [-0.4, -0.2) is 62.8 Å². The molecule has 6 nitrogen and oxygen atoms in total. The predicted octanol–water partition coefficient (Wildman–Crippen LogP) is 2.27. The van der Waals surface area contributed by atoms with E-state index in [4.69, 9.17) is 9.47 Å². The van der Waals surface area contributed by atoms with Crippen LogP contribution in [0.5, 0.6) is 0 Å². The maximum Gasteiger partial charge on any atom is 0.308 e. The van der Waals surface area contributed by atoms with Crippen molar-refractivity contribution in [3.05, 3.63) is 0 Å². The van der Waals surface area contributed by atoms with Crippen LogP contribution in [0.2, 0.25) is 0 Å². The van der Waals surface area contributed by atoms with E-state index in [0.29, 0.717) is 18.1 Å². The number of hydrogen-bond acceptors (Lipinski definition) is 4. The number of carbonyl (C=O) groups excluding carboxylic acids is 1. The van der Waals surface area contributed by atoms with Gasteiger partial charge in [0, 0.05) is 44.1 Å². The van der Waals surface area contributed by atoms with Crippen molar-refractivity contribution in [1.29, 1.82) is 0 Å². The van der Waals surface area contributed by atoms with E-state index in [1.807, 2.05) is 7.05 Å². The lowest BCUT2D eigenvalue weighted by atomic mass is 9.55. The van der Waals surface area contributed by atoms with Gasteiger partial charge in [-0.05, 0) is 25.7 Å². The number of aliphatic imine (C=N–C) groups is 1. The molecule has 3 rings (SSSR count). The van der Waals surface area contributed by atoms with Crippen LogP contribution in [0.15, 0.2) is 4.99 Å². The van der Waals surface area contributed by atoms with Gasteiger partial charge in [0.25, 0.3) is 0 Å². The first kappa shape index (κ1) is 20.7. The number of halogens is 1. The number of piperidine rings is 1. The molecule has 3 atom stereocenters. The Kier molecular flexibility index (Phi) is 6.98. The second-order valence-electron chi connectivity index (χ2n) is 7.87. The second-order valence-corrected chi connectivity index (χ2v) is 7.87. The Labute approximate surface area is 168 Å². The van der Waals surface area contributed by atoms with Crippen LogP contribution in [-0.2, 0) is 14.3 Å². The summed E-state index contributed by atoms with van der Waals surface area (Å²) in [6, 6.07) is 0.403. The van der Waals surface area contributed by atoms with Crippen molar-refractivity contribution < 1.29 is 14.3 Å². The van der Waals surface area contributed by atoms with Crippen molar-refractivity contribution in [1.82, 2.24) is 10.2 Å². The summed E-state index contributed by atoms with van der Waals surface area (Å²) in [5.74, 6) is 1.49. The zero-order chi connectivity index (χ0) is 17.3. The summed E-state index contributed by atoms with van der Waals surface area (Å²) in [6.07, 6.45) is 4.41. The van der Waals surface area contributed by atoms with Crippen LogP contribution in [0.4, 0.5) is 0 Å². The van der Waals surface area contributed by atoms with Crippen LogP contribution in [0.25, 0.3) is 0 Å². The van der Waals surface area contributed by atoms with E-state index in [1.165, 1.54) is 13.5 Å². The average Bonchev–Trinajstić information content (AvgIpc) is 2.62. The van der Waals surface area contributed by atoms with Crippen LogP contribution >= 0.6 is 24.0 Å². The number of hydrogen-bond donors (Lipinski definition) is 1. The molecular weight excluding hydrogens is 433 g/mol.